The molecule has 152 valence electrons. The summed E-state index contributed by atoms with van der Waals surface area (Å²) in [4.78, 5) is 0. The van der Waals surface area contributed by atoms with Gasteiger partial charge in [0.05, 0.1) is 0 Å². The first kappa shape index (κ1) is 37.6. The summed E-state index contributed by atoms with van der Waals surface area (Å²) in [5.74, 6) is 0. The Bertz CT molecular complexity index is 653. The molecule has 0 saturated heterocycles. The molecule has 4 rings (SSSR count). The van der Waals surface area contributed by atoms with Gasteiger partial charge in [0.25, 0.3) is 0 Å². The van der Waals surface area contributed by atoms with Crippen LogP contribution in [-0.4, -0.2) is 13.8 Å². The third-order valence-corrected chi connectivity index (χ3v) is 3.20. The van der Waals surface area contributed by atoms with Crippen LogP contribution in [0.5, 0.6) is 0 Å². The van der Waals surface area contributed by atoms with Crippen LogP contribution in [0.4, 0.5) is 0 Å². The first-order valence-electron chi connectivity index (χ1n) is 6.95. The molecule has 0 aromatic heterocycles. The summed E-state index contributed by atoms with van der Waals surface area (Å²) in [6.07, 6.45) is 11.0. The van der Waals surface area contributed by atoms with Crippen LogP contribution in [-0.2, 0) is 26.9 Å². The zero-order valence-electron chi connectivity index (χ0n) is 16.9. The first-order chi connectivity index (χ1) is 10.4. The zero-order valence-corrected chi connectivity index (χ0v) is 23.8. The molecule has 0 heterocycles. The largest absolute Gasteiger partial charge is 0.179 e. The van der Waals surface area contributed by atoms with E-state index in [-0.39, 0.29) is 75.0 Å². The molecule has 0 spiro atoms. The zero-order chi connectivity index (χ0) is 14.9. The average Bonchev–Trinajstić information content (AvgIpc) is 3.19. The monoisotopic (exact) mass is 512 g/mol. The second-order valence-electron chi connectivity index (χ2n) is 4.65. The van der Waals surface area contributed by atoms with Crippen LogP contribution in [0.25, 0.3) is 11.1 Å². The molecule has 0 bridgehead atoms. The van der Waals surface area contributed by atoms with Gasteiger partial charge in [0.15, 0.2) is 0 Å². The second kappa shape index (κ2) is 22.1. The van der Waals surface area contributed by atoms with Crippen LogP contribution in [0.2, 0.25) is 0 Å². The average molecular weight is 515 g/mol. The van der Waals surface area contributed by atoms with E-state index in [1.165, 1.54) is 22.3 Å². The van der Waals surface area contributed by atoms with E-state index >= 15 is 0 Å². The molecule has 2 aromatic carbocycles. The summed E-state index contributed by atoms with van der Waals surface area (Å²) in [6.45, 7) is 4.31. The molecular formula is C22H32Cl2Si2Zr-6. The SMILES string of the molecule is Cl.Cl.[C-]1=CC=CC1.[CH3-].[CH3-].[CH3-].[CH3-].[SiH2]=[Zr]=[SiH2].[c-]1cccc2c1Cc1ccccc1-2. The van der Waals surface area contributed by atoms with Crippen molar-refractivity contribution in [1.29, 1.82) is 0 Å². The predicted octanol–water partition coefficient (Wildman–Crippen LogP) is 5.17. The normalized spacial score (nSPS) is 9.48. The van der Waals surface area contributed by atoms with Crippen LogP contribution in [0, 0.1) is 41.8 Å². The Balaban J connectivity index is -0.000000101. The van der Waals surface area contributed by atoms with Gasteiger partial charge < -0.3 is 29.7 Å². The quantitative estimate of drug-likeness (QED) is 0.287. The molecule has 0 atom stereocenters. The van der Waals surface area contributed by atoms with Gasteiger partial charge in [-0.15, -0.1) is 36.8 Å². The molecule has 0 nitrogen and oxygen atoms in total. The van der Waals surface area contributed by atoms with Crippen molar-refractivity contribution < 1.29 is 20.5 Å². The standard InChI is InChI=1S/C13H9.C5H5.4CH3.2ClH.2H2Si.Zr/c1-3-7-12-10(5-1)9-11-6-2-4-8-13(11)12;1-2-4-5-3-1;;;;;;;;;/h1-5,7-8H,9H2;1-3H,4H2;4*1H3;2*1H;2*1H2;/q6*-1;;;;;. The van der Waals surface area contributed by atoms with E-state index < -0.39 is 0 Å². The van der Waals surface area contributed by atoms with Gasteiger partial charge in [-0.1, -0.05) is 35.4 Å². The van der Waals surface area contributed by atoms with Crippen LogP contribution >= 0.6 is 24.8 Å². The van der Waals surface area contributed by atoms with Gasteiger partial charge in [0.2, 0.25) is 0 Å². The first-order valence-corrected chi connectivity index (χ1v) is 18.8. The molecule has 0 radical (unpaired) electrons. The Morgan fingerprint density at radius 3 is 1.96 bits per heavy atom. The predicted molar refractivity (Wildman–Crippen MR) is 132 cm³/mol. The topological polar surface area (TPSA) is 0 Å². The van der Waals surface area contributed by atoms with Gasteiger partial charge in [0, 0.05) is 0 Å². The second-order valence-corrected chi connectivity index (χ2v) is 17.7. The molecule has 2 aliphatic carbocycles. The van der Waals surface area contributed by atoms with Crippen molar-refractivity contribution in [3.63, 3.8) is 0 Å². The molecule has 2 aromatic rings. The number of halogens is 2. The maximum absolute atomic E-state index is 3.30. The van der Waals surface area contributed by atoms with Crippen LogP contribution in [0.15, 0.2) is 60.7 Å². The number of benzene rings is 2. The van der Waals surface area contributed by atoms with E-state index in [4.69, 9.17) is 0 Å². The van der Waals surface area contributed by atoms with E-state index in [0.29, 0.717) is 0 Å². The van der Waals surface area contributed by atoms with Gasteiger partial charge in [-0.05, 0) is 6.42 Å². The van der Waals surface area contributed by atoms with Crippen molar-refractivity contribution in [2.24, 2.45) is 0 Å². The van der Waals surface area contributed by atoms with Crippen molar-refractivity contribution in [2.45, 2.75) is 12.8 Å². The number of fused-ring (bicyclic) bond motifs is 3. The summed E-state index contributed by atoms with van der Waals surface area (Å²) in [6, 6.07) is 18.1. The third kappa shape index (κ3) is 12.1. The number of allylic oxidation sites excluding steroid dienone is 4. The molecule has 5 heteroatoms. The molecular weight excluding hydrogens is 483 g/mol. The van der Waals surface area contributed by atoms with Gasteiger partial charge in [-0.25, -0.2) is 12.2 Å². The molecule has 2 aliphatic rings. The van der Waals surface area contributed by atoms with Gasteiger partial charge >= 0.3 is 34.2 Å². The molecule has 27 heavy (non-hydrogen) atoms. The van der Waals surface area contributed by atoms with Crippen molar-refractivity contribution in [3.05, 3.63) is 114 Å². The van der Waals surface area contributed by atoms with Gasteiger partial charge in [-0.3, -0.25) is 6.08 Å². The van der Waals surface area contributed by atoms with Crippen LogP contribution < -0.4 is 0 Å². The molecule has 0 unspecified atom stereocenters. The van der Waals surface area contributed by atoms with E-state index in [1.807, 2.05) is 18.2 Å². The van der Waals surface area contributed by atoms with Crippen molar-refractivity contribution in [1.82, 2.24) is 0 Å². The Hall–Kier alpha value is -0.183. The Morgan fingerprint density at radius 1 is 0.852 bits per heavy atom. The Morgan fingerprint density at radius 2 is 1.44 bits per heavy atom. The summed E-state index contributed by atoms with van der Waals surface area (Å²) >= 11 is 0.286. The summed E-state index contributed by atoms with van der Waals surface area (Å²) in [5.41, 5.74) is 5.51. The maximum Gasteiger partial charge on any atom is -0.0253 e. The fraction of sp³-hybridized carbons (Fsp3) is 0.0909. The number of hydrogen-bond donors (Lipinski definition) is 0. The van der Waals surface area contributed by atoms with Gasteiger partial charge in [0.1, 0.15) is 0 Å². The maximum atomic E-state index is 3.30. The van der Waals surface area contributed by atoms with E-state index in [1.54, 1.807) is 0 Å². The van der Waals surface area contributed by atoms with Crippen LogP contribution in [0.3, 0.4) is 0 Å². The molecule has 0 amide bonds. The summed E-state index contributed by atoms with van der Waals surface area (Å²) in [5, 5.41) is 0. The Labute approximate surface area is 195 Å². The van der Waals surface area contributed by atoms with E-state index in [2.05, 4.69) is 68.4 Å². The summed E-state index contributed by atoms with van der Waals surface area (Å²) < 4.78 is 0. The molecule has 0 fully saturated rings. The molecule has 0 N–H and O–H groups in total. The minimum atomic E-state index is 0. The molecule has 0 aliphatic heterocycles. The van der Waals surface area contributed by atoms with Crippen LogP contribution in [0.1, 0.15) is 17.5 Å². The fourth-order valence-corrected chi connectivity index (χ4v) is 2.34. The minimum absolute atomic E-state index is 0. The van der Waals surface area contributed by atoms with Crippen molar-refractivity contribution in [3.8, 4) is 11.1 Å². The van der Waals surface area contributed by atoms with Crippen molar-refractivity contribution >= 4 is 38.6 Å². The minimum Gasteiger partial charge on any atom is -0.179 e. The smallest absolute Gasteiger partial charge is 0.0253 e. The van der Waals surface area contributed by atoms with E-state index in [0.717, 1.165) is 12.8 Å². The number of rotatable bonds is 0. The Kier molecular flexibility index (Phi) is 30.8. The number of hydrogen-bond acceptors (Lipinski definition) is 0. The van der Waals surface area contributed by atoms with Crippen molar-refractivity contribution in [2.75, 3.05) is 0 Å². The summed E-state index contributed by atoms with van der Waals surface area (Å²) in [7, 11) is 0. The van der Waals surface area contributed by atoms with E-state index in [9.17, 15) is 0 Å². The molecule has 0 saturated carbocycles. The van der Waals surface area contributed by atoms with Gasteiger partial charge in [-0.2, -0.15) is 35.9 Å². The third-order valence-electron chi connectivity index (χ3n) is 3.20. The fourth-order valence-electron chi connectivity index (χ4n) is 2.34.